The van der Waals surface area contributed by atoms with Crippen molar-refractivity contribution in [3.05, 3.63) is 35.6 Å². The Kier molecular flexibility index (Phi) is 3.19. The molecule has 0 heterocycles. The summed E-state index contributed by atoms with van der Waals surface area (Å²) in [5.41, 5.74) is 6.24. The van der Waals surface area contributed by atoms with Gasteiger partial charge in [0.25, 0.3) is 0 Å². The first kappa shape index (κ1) is 9.92. The number of thiocarbonyl (C=S) groups is 1. The van der Waals surface area contributed by atoms with E-state index in [-0.39, 0.29) is 5.82 Å². The Morgan fingerprint density at radius 3 is 2.85 bits per heavy atom. The molecule has 0 radical (unpaired) electrons. The van der Waals surface area contributed by atoms with E-state index in [0.717, 1.165) is 5.56 Å². The maximum absolute atomic E-state index is 12.7. The van der Waals surface area contributed by atoms with Crippen LogP contribution in [0.5, 0.6) is 0 Å². The highest BCUT2D eigenvalue weighted by molar-refractivity contribution is 7.80. The Labute approximate surface area is 82.2 Å². The molecule has 0 bridgehead atoms. The largest absolute Gasteiger partial charge is 0.376 e. The quantitative estimate of drug-likeness (QED) is 0.730. The summed E-state index contributed by atoms with van der Waals surface area (Å²) >= 11 is 4.76. The first-order valence-corrected chi connectivity index (χ1v) is 4.25. The zero-order chi connectivity index (χ0) is 9.84. The van der Waals surface area contributed by atoms with Crippen molar-refractivity contribution >= 4 is 17.3 Å². The van der Waals surface area contributed by atoms with Crippen LogP contribution in [-0.4, -0.2) is 17.1 Å². The molecule has 0 aliphatic rings. The third-order valence-corrected chi connectivity index (χ3v) is 2.00. The predicted octanol–water partition coefficient (Wildman–Crippen LogP) is 1.50. The van der Waals surface area contributed by atoms with Gasteiger partial charge in [0, 0.05) is 13.6 Å². The molecule has 4 heteroatoms. The van der Waals surface area contributed by atoms with E-state index in [1.54, 1.807) is 18.0 Å². The minimum absolute atomic E-state index is 0.242. The Morgan fingerprint density at radius 1 is 1.62 bits per heavy atom. The molecule has 2 nitrogen and oxygen atoms in total. The molecule has 70 valence electrons. The van der Waals surface area contributed by atoms with Gasteiger partial charge in [-0.1, -0.05) is 12.1 Å². The molecule has 0 aliphatic carbocycles. The monoisotopic (exact) mass is 198 g/mol. The summed E-state index contributed by atoms with van der Waals surface area (Å²) in [6, 6.07) is 6.37. The van der Waals surface area contributed by atoms with E-state index in [1.807, 2.05) is 6.07 Å². The van der Waals surface area contributed by atoms with E-state index in [0.29, 0.717) is 11.7 Å². The summed E-state index contributed by atoms with van der Waals surface area (Å²) < 4.78 is 12.7. The van der Waals surface area contributed by atoms with Crippen LogP contribution in [0, 0.1) is 5.82 Å². The fourth-order valence-corrected chi connectivity index (χ4v) is 1.05. The lowest BCUT2D eigenvalue weighted by Crippen LogP contribution is -2.31. The Balaban J connectivity index is 2.69. The molecule has 0 fully saturated rings. The summed E-state index contributed by atoms with van der Waals surface area (Å²) in [6.07, 6.45) is 0. The molecule has 0 amide bonds. The number of hydrogen-bond acceptors (Lipinski definition) is 1. The maximum atomic E-state index is 12.7. The van der Waals surface area contributed by atoms with Crippen molar-refractivity contribution in [1.82, 2.24) is 4.90 Å². The third kappa shape index (κ3) is 2.99. The Morgan fingerprint density at radius 2 is 2.31 bits per heavy atom. The van der Waals surface area contributed by atoms with Gasteiger partial charge in [-0.3, -0.25) is 0 Å². The highest BCUT2D eigenvalue weighted by Gasteiger charge is 2.01. The average molecular weight is 198 g/mol. The topological polar surface area (TPSA) is 29.3 Å². The van der Waals surface area contributed by atoms with Gasteiger partial charge in [0.05, 0.1) is 0 Å². The fraction of sp³-hybridized carbons (Fsp3) is 0.222. The molecule has 0 spiro atoms. The van der Waals surface area contributed by atoms with Crippen LogP contribution in [0.15, 0.2) is 24.3 Å². The lowest BCUT2D eigenvalue weighted by atomic mass is 10.2. The van der Waals surface area contributed by atoms with Gasteiger partial charge in [-0.05, 0) is 29.9 Å². The summed E-state index contributed by atoms with van der Waals surface area (Å²) in [4.78, 5) is 1.68. The average Bonchev–Trinajstić information content (AvgIpc) is 2.04. The third-order valence-electron chi connectivity index (χ3n) is 1.68. The van der Waals surface area contributed by atoms with Crippen molar-refractivity contribution in [2.75, 3.05) is 7.05 Å². The Bertz CT molecular complexity index is 314. The van der Waals surface area contributed by atoms with Crippen molar-refractivity contribution < 1.29 is 4.39 Å². The molecule has 0 aromatic heterocycles. The second-order valence-corrected chi connectivity index (χ2v) is 3.24. The van der Waals surface area contributed by atoms with Crippen LogP contribution < -0.4 is 5.73 Å². The van der Waals surface area contributed by atoms with Crippen LogP contribution >= 0.6 is 12.2 Å². The van der Waals surface area contributed by atoms with Gasteiger partial charge in [-0.15, -0.1) is 0 Å². The van der Waals surface area contributed by atoms with Crippen LogP contribution in [0.3, 0.4) is 0 Å². The van der Waals surface area contributed by atoms with Crippen molar-refractivity contribution in [1.29, 1.82) is 0 Å². The fourth-order valence-electron chi connectivity index (χ4n) is 0.987. The minimum Gasteiger partial charge on any atom is -0.376 e. The van der Waals surface area contributed by atoms with Crippen molar-refractivity contribution in [3.8, 4) is 0 Å². The van der Waals surface area contributed by atoms with E-state index in [2.05, 4.69) is 0 Å². The molecule has 0 aliphatic heterocycles. The van der Waals surface area contributed by atoms with Crippen LogP contribution in [0.25, 0.3) is 0 Å². The summed E-state index contributed by atoms with van der Waals surface area (Å²) in [7, 11) is 1.77. The normalized spacial score (nSPS) is 9.69. The van der Waals surface area contributed by atoms with Gasteiger partial charge < -0.3 is 10.6 Å². The van der Waals surface area contributed by atoms with Crippen LogP contribution in [0.1, 0.15) is 5.56 Å². The van der Waals surface area contributed by atoms with Crippen molar-refractivity contribution in [3.63, 3.8) is 0 Å². The summed E-state index contributed by atoms with van der Waals surface area (Å²) in [6.45, 7) is 0.535. The Hall–Kier alpha value is -1.16. The van der Waals surface area contributed by atoms with Gasteiger partial charge in [0.15, 0.2) is 5.11 Å². The standard InChI is InChI=1S/C9H11FN2S/c1-12(9(11)13)6-7-3-2-4-8(10)5-7/h2-5H,6H2,1H3,(H2,11,13). The SMILES string of the molecule is CN(Cc1cccc(F)c1)C(N)=S. The second kappa shape index (κ2) is 4.18. The molecular formula is C9H11FN2S. The van der Waals surface area contributed by atoms with Crippen LogP contribution in [-0.2, 0) is 6.54 Å². The number of hydrogen-bond donors (Lipinski definition) is 1. The molecule has 0 saturated heterocycles. The number of nitrogens with zero attached hydrogens (tertiary/aromatic N) is 1. The highest BCUT2D eigenvalue weighted by atomic mass is 32.1. The van der Waals surface area contributed by atoms with Gasteiger partial charge in [-0.25, -0.2) is 4.39 Å². The molecule has 2 N–H and O–H groups in total. The maximum Gasteiger partial charge on any atom is 0.166 e. The molecule has 1 aromatic carbocycles. The van der Waals surface area contributed by atoms with Crippen molar-refractivity contribution in [2.45, 2.75) is 6.54 Å². The summed E-state index contributed by atoms with van der Waals surface area (Å²) in [5.74, 6) is -0.242. The predicted molar refractivity (Wildman–Crippen MR) is 54.7 cm³/mol. The first-order valence-electron chi connectivity index (χ1n) is 3.84. The number of nitrogens with two attached hydrogens (primary N) is 1. The van der Waals surface area contributed by atoms with Gasteiger partial charge in [0.2, 0.25) is 0 Å². The molecule has 0 saturated carbocycles. The zero-order valence-corrected chi connectivity index (χ0v) is 8.14. The van der Waals surface area contributed by atoms with Gasteiger partial charge in [-0.2, -0.15) is 0 Å². The summed E-state index contributed by atoms with van der Waals surface area (Å²) in [5, 5.41) is 0.310. The zero-order valence-electron chi connectivity index (χ0n) is 7.33. The van der Waals surface area contributed by atoms with Crippen LogP contribution in [0.2, 0.25) is 0 Å². The van der Waals surface area contributed by atoms with Gasteiger partial charge in [0.1, 0.15) is 5.82 Å². The number of benzene rings is 1. The van der Waals surface area contributed by atoms with E-state index in [1.165, 1.54) is 12.1 Å². The van der Waals surface area contributed by atoms with E-state index >= 15 is 0 Å². The highest BCUT2D eigenvalue weighted by Crippen LogP contribution is 2.05. The molecule has 1 aromatic rings. The lowest BCUT2D eigenvalue weighted by molar-refractivity contribution is 0.501. The second-order valence-electron chi connectivity index (χ2n) is 2.82. The number of halogens is 1. The molecule has 0 unspecified atom stereocenters. The molecule has 0 atom stereocenters. The van der Waals surface area contributed by atoms with E-state index in [4.69, 9.17) is 18.0 Å². The first-order chi connectivity index (χ1) is 6.09. The lowest BCUT2D eigenvalue weighted by Gasteiger charge is -2.16. The molecular weight excluding hydrogens is 187 g/mol. The van der Waals surface area contributed by atoms with E-state index in [9.17, 15) is 4.39 Å². The van der Waals surface area contributed by atoms with Gasteiger partial charge >= 0.3 is 0 Å². The molecule has 1 rings (SSSR count). The van der Waals surface area contributed by atoms with Crippen LogP contribution in [0.4, 0.5) is 4.39 Å². The van der Waals surface area contributed by atoms with E-state index < -0.39 is 0 Å². The smallest absolute Gasteiger partial charge is 0.166 e. The molecule has 13 heavy (non-hydrogen) atoms. The number of rotatable bonds is 2. The minimum atomic E-state index is -0.242. The van der Waals surface area contributed by atoms with Crippen molar-refractivity contribution in [2.24, 2.45) is 5.73 Å².